The molecule has 4 nitrogen and oxygen atoms in total. The molecule has 0 N–H and O–H groups in total. The predicted octanol–water partition coefficient (Wildman–Crippen LogP) is 5.81. The lowest BCUT2D eigenvalue weighted by atomic mass is 10.1. The van der Waals surface area contributed by atoms with Crippen LogP contribution in [0.4, 0.5) is 0 Å². The number of hydrogen-bond acceptors (Lipinski definition) is 5. The fourth-order valence-corrected chi connectivity index (χ4v) is 3.62. The first-order valence-electron chi connectivity index (χ1n) is 7.55. The van der Waals surface area contributed by atoms with E-state index in [1.165, 1.54) is 6.33 Å². The Bertz CT molecular complexity index is 1030. The van der Waals surface area contributed by atoms with Crippen molar-refractivity contribution in [2.45, 2.75) is 0 Å². The molecule has 0 saturated heterocycles. The number of ether oxygens (including phenoxy) is 2. The van der Waals surface area contributed by atoms with Gasteiger partial charge in [0.25, 0.3) is 0 Å². The molecule has 0 aliphatic rings. The smallest absolute Gasteiger partial charge is 0.231 e. The summed E-state index contributed by atoms with van der Waals surface area (Å²) in [7, 11) is 1.65. The number of nitrogens with zero attached hydrogens (tertiary/aromatic N) is 2. The molecule has 4 rings (SSSR count). The fraction of sp³-hybridized carbons (Fsp3) is 0.0526. The molecule has 0 radical (unpaired) electrons. The van der Waals surface area contributed by atoms with E-state index >= 15 is 0 Å². The van der Waals surface area contributed by atoms with Crippen molar-refractivity contribution >= 4 is 33.2 Å². The normalized spacial score (nSPS) is 10.8. The molecule has 0 aliphatic heterocycles. The van der Waals surface area contributed by atoms with Gasteiger partial charge in [0.2, 0.25) is 5.88 Å². The van der Waals surface area contributed by atoms with E-state index in [0.717, 1.165) is 27.1 Å². The quantitative estimate of drug-likeness (QED) is 0.455. The SMILES string of the molecule is COc1ccc(-c2csc3ncnc(Oc4ccccc4Cl)c23)cc1. The third-order valence-corrected chi connectivity index (χ3v) is 4.98. The van der Waals surface area contributed by atoms with Crippen molar-refractivity contribution in [3.63, 3.8) is 0 Å². The molecule has 124 valence electrons. The van der Waals surface area contributed by atoms with Gasteiger partial charge in [-0.15, -0.1) is 11.3 Å². The van der Waals surface area contributed by atoms with Gasteiger partial charge in [-0.05, 0) is 29.8 Å². The Morgan fingerprint density at radius 3 is 2.56 bits per heavy atom. The van der Waals surface area contributed by atoms with E-state index in [4.69, 9.17) is 21.1 Å². The number of hydrogen-bond donors (Lipinski definition) is 0. The van der Waals surface area contributed by atoms with Crippen LogP contribution in [0.25, 0.3) is 21.3 Å². The number of fused-ring (bicyclic) bond motifs is 1. The van der Waals surface area contributed by atoms with Crippen molar-refractivity contribution in [2.24, 2.45) is 0 Å². The van der Waals surface area contributed by atoms with Gasteiger partial charge in [-0.3, -0.25) is 0 Å². The monoisotopic (exact) mass is 368 g/mol. The maximum atomic E-state index is 6.21. The average molecular weight is 369 g/mol. The molecule has 0 aliphatic carbocycles. The van der Waals surface area contributed by atoms with Crippen LogP contribution in [0.2, 0.25) is 5.02 Å². The van der Waals surface area contributed by atoms with Crippen LogP contribution in [0.5, 0.6) is 17.4 Å². The van der Waals surface area contributed by atoms with Gasteiger partial charge in [-0.2, -0.15) is 0 Å². The minimum Gasteiger partial charge on any atom is -0.497 e. The van der Waals surface area contributed by atoms with Crippen LogP contribution >= 0.6 is 22.9 Å². The van der Waals surface area contributed by atoms with Gasteiger partial charge in [0.05, 0.1) is 17.5 Å². The Morgan fingerprint density at radius 2 is 1.80 bits per heavy atom. The molecule has 0 saturated carbocycles. The van der Waals surface area contributed by atoms with Gasteiger partial charge in [0.15, 0.2) is 0 Å². The minimum absolute atomic E-state index is 0.491. The maximum Gasteiger partial charge on any atom is 0.231 e. The third-order valence-electron chi connectivity index (χ3n) is 3.78. The van der Waals surface area contributed by atoms with E-state index in [1.54, 1.807) is 24.5 Å². The lowest BCUT2D eigenvalue weighted by molar-refractivity contribution is 0.415. The Hall–Kier alpha value is -2.63. The average Bonchev–Trinajstić information content (AvgIpc) is 3.09. The Balaban J connectivity index is 1.82. The van der Waals surface area contributed by atoms with Gasteiger partial charge in [0.1, 0.15) is 22.7 Å². The molecule has 6 heteroatoms. The highest BCUT2D eigenvalue weighted by atomic mass is 35.5. The van der Waals surface area contributed by atoms with E-state index in [1.807, 2.05) is 42.5 Å². The lowest BCUT2D eigenvalue weighted by Gasteiger charge is -2.09. The Morgan fingerprint density at radius 1 is 1.00 bits per heavy atom. The summed E-state index contributed by atoms with van der Waals surface area (Å²) in [5.41, 5.74) is 2.07. The number of aromatic nitrogens is 2. The van der Waals surface area contributed by atoms with Gasteiger partial charge in [-0.1, -0.05) is 35.9 Å². The molecule has 0 atom stereocenters. The second-order valence-electron chi connectivity index (χ2n) is 5.27. The lowest BCUT2D eigenvalue weighted by Crippen LogP contribution is -1.91. The third kappa shape index (κ3) is 3.04. The maximum absolute atomic E-state index is 6.21. The van der Waals surface area contributed by atoms with Crippen LogP contribution in [0.1, 0.15) is 0 Å². The molecule has 0 amide bonds. The highest BCUT2D eigenvalue weighted by Crippen LogP contribution is 2.40. The van der Waals surface area contributed by atoms with Crippen LogP contribution in [0.15, 0.2) is 60.2 Å². The molecular weight excluding hydrogens is 356 g/mol. The zero-order chi connectivity index (χ0) is 17.2. The number of halogens is 1. The number of thiophene rings is 1. The van der Waals surface area contributed by atoms with Gasteiger partial charge < -0.3 is 9.47 Å². The topological polar surface area (TPSA) is 44.2 Å². The van der Waals surface area contributed by atoms with Crippen LogP contribution in [-0.2, 0) is 0 Å². The van der Waals surface area contributed by atoms with E-state index in [9.17, 15) is 0 Å². The molecule has 0 fully saturated rings. The first-order valence-corrected chi connectivity index (χ1v) is 8.81. The molecule has 0 unspecified atom stereocenters. The summed E-state index contributed by atoms with van der Waals surface area (Å²) in [4.78, 5) is 9.54. The predicted molar refractivity (Wildman–Crippen MR) is 101 cm³/mol. The number of para-hydroxylation sites is 1. The standard InChI is InChI=1S/C19H13ClN2O2S/c1-23-13-8-6-12(7-9-13)14-10-25-19-17(14)18(21-11-22-19)24-16-5-3-2-4-15(16)20/h2-11H,1H3. The summed E-state index contributed by atoms with van der Waals surface area (Å²) in [5.74, 6) is 1.87. The number of benzene rings is 2. The molecule has 2 aromatic heterocycles. The largest absolute Gasteiger partial charge is 0.497 e. The first-order chi connectivity index (χ1) is 12.3. The zero-order valence-electron chi connectivity index (χ0n) is 13.3. The molecule has 2 aromatic carbocycles. The van der Waals surface area contributed by atoms with Crippen LogP contribution in [0, 0.1) is 0 Å². The van der Waals surface area contributed by atoms with E-state index in [2.05, 4.69) is 15.3 Å². The van der Waals surface area contributed by atoms with Crippen molar-refractivity contribution < 1.29 is 9.47 Å². The van der Waals surface area contributed by atoms with Crippen LogP contribution in [0.3, 0.4) is 0 Å². The number of methoxy groups -OCH3 is 1. The minimum atomic E-state index is 0.491. The summed E-state index contributed by atoms with van der Waals surface area (Å²) < 4.78 is 11.2. The Kier molecular flexibility index (Phi) is 4.26. The summed E-state index contributed by atoms with van der Waals surface area (Å²) in [6.45, 7) is 0. The van der Waals surface area contributed by atoms with E-state index < -0.39 is 0 Å². The molecule has 0 spiro atoms. The van der Waals surface area contributed by atoms with Gasteiger partial charge >= 0.3 is 0 Å². The summed E-state index contributed by atoms with van der Waals surface area (Å²) >= 11 is 7.76. The van der Waals surface area contributed by atoms with E-state index in [-0.39, 0.29) is 0 Å². The van der Waals surface area contributed by atoms with Crippen molar-refractivity contribution in [3.05, 3.63) is 65.3 Å². The number of rotatable bonds is 4. The van der Waals surface area contributed by atoms with Crippen molar-refractivity contribution in [2.75, 3.05) is 7.11 Å². The molecule has 2 heterocycles. The Labute approximate surface area is 153 Å². The highest BCUT2D eigenvalue weighted by Gasteiger charge is 2.15. The highest BCUT2D eigenvalue weighted by molar-refractivity contribution is 7.17. The molecule has 4 aromatic rings. The van der Waals surface area contributed by atoms with Crippen molar-refractivity contribution in [1.29, 1.82) is 0 Å². The molecule has 25 heavy (non-hydrogen) atoms. The van der Waals surface area contributed by atoms with Crippen molar-refractivity contribution in [3.8, 4) is 28.5 Å². The second kappa shape index (κ2) is 6.70. The van der Waals surface area contributed by atoms with Gasteiger partial charge in [0, 0.05) is 10.9 Å². The summed E-state index contributed by atoms with van der Waals surface area (Å²) in [6, 6.07) is 15.2. The first kappa shape index (κ1) is 15.9. The fourth-order valence-electron chi connectivity index (χ4n) is 2.54. The van der Waals surface area contributed by atoms with Gasteiger partial charge in [-0.25, -0.2) is 9.97 Å². The summed E-state index contributed by atoms with van der Waals surface area (Å²) in [6.07, 6.45) is 1.50. The summed E-state index contributed by atoms with van der Waals surface area (Å²) in [5, 5.41) is 3.47. The van der Waals surface area contributed by atoms with Crippen LogP contribution < -0.4 is 9.47 Å². The van der Waals surface area contributed by atoms with Crippen molar-refractivity contribution in [1.82, 2.24) is 9.97 Å². The van der Waals surface area contributed by atoms with Crippen LogP contribution in [-0.4, -0.2) is 17.1 Å². The second-order valence-corrected chi connectivity index (χ2v) is 6.53. The molecular formula is C19H13ClN2O2S. The zero-order valence-corrected chi connectivity index (χ0v) is 14.8. The molecule has 0 bridgehead atoms. The van der Waals surface area contributed by atoms with E-state index in [0.29, 0.717) is 16.7 Å².